The number of aryl methyl sites for hydroxylation is 4. The average Bonchev–Trinajstić information content (AvgIpc) is 3.27. The molecule has 5 aromatic rings. The molecule has 0 spiro atoms. The van der Waals surface area contributed by atoms with Gasteiger partial charge in [0.25, 0.3) is 0 Å². The molecule has 0 heterocycles. The van der Waals surface area contributed by atoms with E-state index in [9.17, 15) is 14.6 Å². The summed E-state index contributed by atoms with van der Waals surface area (Å²) < 4.78 is 14.0. The maximum absolute atomic E-state index is 14.0. The van der Waals surface area contributed by atoms with E-state index < -0.39 is 28.1 Å². The summed E-state index contributed by atoms with van der Waals surface area (Å²) >= 11 is 0. The Morgan fingerprint density at radius 3 is 1.33 bits per heavy atom. The van der Waals surface area contributed by atoms with Crippen molar-refractivity contribution < 1.29 is 31.1 Å². The van der Waals surface area contributed by atoms with Gasteiger partial charge in [-0.2, -0.15) is 0 Å². The molecule has 0 aliphatic heterocycles. The molecule has 0 fully saturated rings. The molecule has 0 N–H and O–H groups in total. The van der Waals surface area contributed by atoms with Crippen molar-refractivity contribution in [3.63, 3.8) is 0 Å². The fraction of sp³-hybridized carbons (Fsp3) is 0.286. The molecule has 5 aromatic carbocycles. The van der Waals surface area contributed by atoms with Crippen LogP contribution in [0.25, 0.3) is 10.8 Å². The summed E-state index contributed by atoms with van der Waals surface area (Å²) in [5.74, 6) is -1.86. The number of hydrogen-bond donors (Lipinski definition) is 0. The molecule has 1 aliphatic carbocycles. The third-order valence-corrected chi connectivity index (χ3v) is 8.71. The zero-order chi connectivity index (χ0) is 34.4. The van der Waals surface area contributed by atoms with E-state index in [-0.39, 0.29) is 27.6 Å². The summed E-state index contributed by atoms with van der Waals surface area (Å²) in [7, 11) is 0. The SMILES string of the molecule is CC(C)(C)c1cc(F)c(C(C)(C)C)c([O-])c1[O-].Cc1cccc(C)c1N=C1C(=Nc2c(C)cccc2C)c2cccc3cccc1c23.[Ni+2]. The summed E-state index contributed by atoms with van der Waals surface area (Å²) in [6.07, 6.45) is 0. The fourth-order valence-electron chi connectivity index (χ4n) is 6.27. The maximum atomic E-state index is 14.0. The van der Waals surface area contributed by atoms with Gasteiger partial charge in [0.15, 0.2) is 0 Å². The maximum Gasteiger partial charge on any atom is 2.00 e. The number of hydrogen-bond acceptors (Lipinski definition) is 4. The molecule has 0 saturated carbocycles. The normalized spacial score (nSPS) is 14.2. The minimum absolute atomic E-state index is 0. The molecule has 0 unspecified atom stereocenters. The second-order valence-electron chi connectivity index (χ2n) is 14.6. The van der Waals surface area contributed by atoms with Crippen molar-refractivity contribution in [2.75, 3.05) is 0 Å². The smallest absolute Gasteiger partial charge is 0.873 e. The molecule has 6 rings (SSSR count). The molecule has 0 atom stereocenters. The van der Waals surface area contributed by atoms with Crippen LogP contribution in [0.5, 0.6) is 11.5 Å². The Labute approximate surface area is 294 Å². The number of para-hydroxylation sites is 2. The monoisotopic (exact) mass is 684 g/mol. The van der Waals surface area contributed by atoms with E-state index in [2.05, 4.69) is 100 Å². The van der Waals surface area contributed by atoms with Crippen LogP contribution in [0.3, 0.4) is 0 Å². The topological polar surface area (TPSA) is 70.8 Å². The van der Waals surface area contributed by atoms with E-state index in [0.717, 1.165) is 33.9 Å². The van der Waals surface area contributed by atoms with E-state index >= 15 is 0 Å². The molecule has 0 aromatic heterocycles. The standard InChI is InChI=1S/C28H24N2.C14H21FO2.Ni/c1-17-9-5-10-18(2)25(17)29-27-22-15-7-13-21-14-8-16-23(24(21)22)28(27)30-26-19(3)11-6-12-20(26)4;1-13(2,3)8-7-9(15)10(14(4,5)6)12(17)11(8)16;/h5-16H,1-4H3;7,16-17H,1-6H3;/q;;+2/p-2. The first-order valence-corrected chi connectivity index (χ1v) is 16.0. The van der Waals surface area contributed by atoms with Crippen LogP contribution in [0.4, 0.5) is 15.8 Å². The van der Waals surface area contributed by atoms with E-state index in [1.54, 1.807) is 41.5 Å². The van der Waals surface area contributed by atoms with Crippen molar-refractivity contribution in [3.8, 4) is 11.5 Å². The Hall–Kier alpha value is -4.28. The van der Waals surface area contributed by atoms with Gasteiger partial charge in [0, 0.05) is 16.5 Å². The third kappa shape index (κ3) is 6.96. The summed E-state index contributed by atoms with van der Waals surface area (Å²) in [6.45, 7) is 19.0. The fourth-order valence-corrected chi connectivity index (χ4v) is 6.27. The van der Waals surface area contributed by atoms with Gasteiger partial charge >= 0.3 is 16.5 Å². The molecule has 0 radical (unpaired) electrons. The quantitative estimate of drug-likeness (QED) is 0.174. The van der Waals surface area contributed by atoms with Crippen LogP contribution in [0.1, 0.15) is 86.1 Å². The molecule has 250 valence electrons. The van der Waals surface area contributed by atoms with Gasteiger partial charge in [-0.3, -0.25) is 0 Å². The van der Waals surface area contributed by atoms with Gasteiger partial charge in [-0.1, -0.05) is 114 Å². The Kier molecular flexibility index (Phi) is 10.4. The number of halogens is 1. The summed E-state index contributed by atoms with van der Waals surface area (Å²) in [4.78, 5) is 10.4. The summed E-state index contributed by atoms with van der Waals surface area (Å²) in [6, 6.07) is 26.8. The number of nitrogens with zero attached hydrogens (tertiary/aromatic N) is 2. The summed E-state index contributed by atoms with van der Waals surface area (Å²) in [5, 5.41) is 26.4. The van der Waals surface area contributed by atoms with Gasteiger partial charge in [-0.15, -0.1) is 11.5 Å². The first kappa shape index (κ1) is 36.6. The molecule has 0 amide bonds. The van der Waals surface area contributed by atoms with Crippen LogP contribution in [0, 0.1) is 33.5 Å². The third-order valence-electron chi connectivity index (χ3n) is 8.71. The Bertz CT molecular complexity index is 1940. The van der Waals surface area contributed by atoms with Crippen molar-refractivity contribution in [1.82, 2.24) is 0 Å². The van der Waals surface area contributed by atoms with Crippen molar-refractivity contribution in [2.45, 2.75) is 80.1 Å². The predicted molar refractivity (Wildman–Crippen MR) is 191 cm³/mol. The van der Waals surface area contributed by atoms with Gasteiger partial charge in [-0.25, -0.2) is 14.4 Å². The number of benzene rings is 5. The van der Waals surface area contributed by atoms with E-state index in [1.807, 2.05) is 0 Å². The van der Waals surface area contributed by atoms with Crippen LogP contribution < -0.4 is 10.2 Å². The zero-order valence-electron chi connectivity index (χ0n) is 29.4. The molecule has 4 nitrogen and oxygen atoms in total. The number of rotatable bonds is 2. The largest absolute Gasteiger partial charge is 2.00 e. The number of aliphatic imine (C=N–C) groups is 2. The van der Waals surface area contributed by atoms with E-state index in [0.29, 0.717) is 0 Å². The molecule has 1 aliphatic rings. The van der Waals surface area contributed by atoms with Crippen LogP contribution in [-0.2, 0) is 27.3 Å². The molecule has 48 heavy (non-hydrogen) atoms. The molecule has 0 bridgehead atoms. The van der Waals surface area contributed by atoms with E-state index in [4.69, 9.17) is 9.98 Å². The molecule has 6 heteroatoms. The van der Waals surface area contributed by atoms with Gasteiger partial charge in [0.05, 0.1) is 22.8 Å². The van der Waals surface area contributed by atoms with Crippen molar-refractivity contribution in [3.05, 3.63) is 129 Å². The molecule has 0 saturated heterocycles. The first-order valence-electron chi connectivity index (χ1n) is 16.0. The van der Waals surface area contributed by atoms with Gasteiger partial charge in [0.1, 0.15) is 5.82 Å². The first-order chi connectivity index (χ1) is 22.0. The van der Waals surface area contributed by atoms with Gasteiger partial charge < -0.3 is 10.2 Å². The second kappa shape index (κ2) is 13.7. The van der Waals surface area contributed by atoms with E-state index in [1.165, 1.54) is 39.1 Å². The van der Waals surface area contributed by atoms with Crippen molar-refractivity contribution >= 4 is 33.6 Å². The average molecular weight is 686 g/mol. The van der Waals surface area contributed by atoms with Crippen molar-refractivity contribution in [1.29, 1.82) is 0 Å². The van der Waals surface area contributed by atoms with Gasteiger partial charge in [-0.05, 0) is 83.4 Å². The van der Waals surface area contributed by atoms with Crippen LogP contribution >= 0.6 is 0 Å². The second-order valence-corrected chi connectivity index (χ2v) is 14.6. The Morgan fingerprint density at radius 2 is 0.958 bits per heavy atom. The Balaban J connectivity index is 0.000000249. The zero-order valence-corrected chi connectivity index (χ0v) is 30.4. The summed E-state index contributed by atoms with van der Waals surface area (Å²) in [5.41, 5.74) is 10.1. The predicted octanol–water partition coefficient (Wildman–Crippen LogP) is 9.89. The van der Waals surface area contributed by atoms with Crippen LogP contribution in [-0.4, -0.2) is 11.4 Å². The van der Waals surface area contributed by atoms with Crippen LogP contribution in [0.15, 0.2) is 88.8 Å². The van der Waals surface area contributed by atoms with Crippen molar-refractivity contribution in [2.24, 2.45) is 9.98 Å². The Morgan fingerprint density at radius 1 is 0.562 bits per heavy atom. The van der Waals surface area contributed by atoms with Crippen LogP contribution in [0.2, 0.25) is 0 Å². The van der Waals surface area contributed by atoms with Gasteiger partial charge in [0.2, 0.25) is 0 Å². The molecular formula is C42H43FN2NiO2. The molecular weight excluding hydrogens is 642 g/mol. The minimum Gasteiger partial charge on any atom is -0.873 e. The minimum atomic E-state index is -0.706.